The molecular weight excluding hydrogens is 389 g/mol. The van der Waals surface area contributed by atoms with Crippen LogP contribution in [-0.2, 0) is 0 Å². The summed E-state index contributed by atoms with van der Waals surface area (Å²) >= 11 is 0. The molecule has 0 amide bonds. The molecule has 0 saturated carbocycles. The van der Waals surface area contributed by atoms with E-state index in [1.165, 1.54) is 10.6 Å². The molecule has 0 bridgehead atoms. The molecule has 1 aromatic heterocycles. The summed E-state index contributed by atoms with van der Waals surface area (Å²) in [6, 6.07) is 28.8. The number of rotatable bonds is 5. The third-order valence-corrected chi connectivity index (χ3v) is 8.78. The van der Waals surface area contributed by atoms with Gasteiger partial charge >= 0.3 is 0 Å². The van der Waals surface area contributed by atoms with Crippen LogP contribution in [0.25, 0.3) is 5.69 Å². The second-order valence-corrected chi connectivity index (χ2v) is 10.4. The number of aromatic nitrogens is 2. The summed E-state index contributed by atoms with van der Waals surface area (Å²) in [6.07, 6.45) is 0. The van der Waals surface area contributed by atoms with E-state index in [-0.39, 0.29) is 0 Å². The predicted molar refractivity (Wildman–Crippen MR) is 127 cm³/mol. The summed E-state index contributed by atoms with van der Waals surface area (Å²) in [5, 5.41) is 7.34. The van der Waals surface area contributed by atoms with Gasteiger partial charge in [-0.1, -0.05) is 60.7 Å². The summed E-state index contributed by atoms with van der Waals surface area (Å²) in [5.41, 5.74) is 4.05. The maximum absolute atomic E-state index is 5.60. The molecule has 0 unspecified atom stereocenters. The second-order valence-electron chi connectivity index (χ2n) is 7.33. The van der Waals surface area contributed by atoms with Gasteiger partial charge in [-0.2, -0.15) is 5.10 Å². The third kappa shape index (κ3) is 3.59. The molecule has 5 heteroatoms. The zero-order valence-corrected chi connectivity index (χ0v) is 18.7. The number of para-hydroxylation sites is 2. The minimum Gasteiger partial charge on any atom is -0.494 e. The molecular formula is C25H26N3OP. The van der Waals surface area contributed by atoms with Gasteiger partial charge in [0.15, 0.2) is 0 Å². The van der Waals surface area contributed by atoms with E-state index in [0.29, 0.717) is 0 Å². The SMILES string of the molecule is COc1ccccc1N=[P@](C)(c1ccccc1)c1c(C)nn(-c2ccccc2)c1C. The molecule has 0 aliphatic heterocycles. The van der Waals surface area contributed by atoms with Gasteiger partial charge in [-0.3, -0.25) is 4.74 Å². The first-order valence-electron chi connectivity index (χ1n) is 9.95. The molecule has 4 nitrogen and oxygen atoms in total. The summed E-state index contributed by atoms with van der Waals surface area (Å²) in [4.78, 5) is 0. The van der Waals surface area contributed by atoms with E-state index in [2.05, 4.69) is 56.9 Å². The largest absolute Gasteiger partial charge is 0.494 e. The Balaban J connectivity index is 2.02. The van der Waals surface area contributed by atoms with E-state index < -0.39 is 7.05 Å². The van der Waals surface area contributed by atoms with E-state index in [0.717, 1.165) is 28.5 Å². The summed E-state index contributed by atoms with van der Waals surface area (Å²) < 4.78 is 13.0. The van der Waals surface area contributed by atoms with Crippen LogP contribution in [0, 0.1) is 13.8 Å². The fourth-order valence-electron chi connectivity index (χ4n) is 3.97. The molecule has 4 aromatic rings. The van der Waals surface area contributed by atoms with Crippen molar-refractivity contribution in [2.45, 2.75) is 13.8 Å². The maximum atomic E-state index is 5.60. The van der Waals surface area contributed by atoms with Crippen molar-refractivity contribution in [3.63, 3.8) is 0 Å². The van der Waals surface area contributed by atoms with Crippen LogP contribution in [0.15, 0.2) is 89.7 Å². The van der Waals surface area contributed by atoms with Crippen molar-refractivity contribution in [3.8, 4) is 11.4 Å². The first-order chi connectivity index (χ1) is 14.5. The van der Waals surface area contributed by atoms with Crippen molar-refractivity contribution in [2.24, 2.45) is 4.74 Å². The first-order valence-corrected chi connectivity index (χ1v) is 12.1. The van der Waals surface area contributed by atoms with Gasteiger partial charge in [0, 0.05) is 12.4 Å². The Morgan fingerprint density at radius 2 is 1.43 bits per heavy atom. The number of methoxy groups -OCH3 is 1. The highest BCUT2D eigenvalue weighted by Crippen LogP contribution is 2.49. The maximum Gasteiger partial charge on any atom is 0.144 e. The Labute approximate surface area is 178 Å². The summed E-state index contributed by atoms with van der Waals surface area (Å²) in [5.74, 6) is 0.783. The van der Waals surface area contributed by atoms with Gasteiger partial charge in [0.05, 0.1) is 24.2 Å². The quantitative estimate of drug-likeness (QED) is 0.398. The smallest absolute Gasteiger partial charge is 0.144 e. The number of ether oxygens (including phenoxy) is 1. The molecule has 1 atom stereocenters. The predicted octanol–water partition coefficient (Wildman–Crippen LogP) is 5.61. The molecule has 0 spiro atoms. The lowest BCUT2D eigenvalue weighted by molar-refractivity contribution is 0.416. The number of hydrogen-bond acceptors (Lipinski definition) is 3. The van der Waals surface area contributed by atoms with Crippen molar-refractivity contribution in [1.82, 2.24) is 9.78 Å². The van der Waals surface area contributed by atoms with E-state index >= 15 is 0 Å². The second kappa shape index (κ2) is 8.33. The highest BCUT2D eigenvalue weighted by Gasteiger charge is 2.28. The first kappa shape index (κ1) is 20.2. The summed E-state index contributed by atoms with van der Waals surface area (Å²) in [6.45, 7) is 6.49. The number of nitrogens with zero attached hydrogens (tertiary/aromatic N) is 3. The van der Waals surface area contributed by atoms with Crippen LogP contribution in [0.2, 0.25) is 0 Å². The fraction of sp³-hybridized carbons (Fsp3) is 0.160. The minimum absolute atomic E-state index is 0.783. The lowest BCUT2D eigenvalue weighted by Crippen LogP contribution is -2.19. The van der Waals surface area contributed by atoms with Gasteiger partial charge < -0.3 is 4.74 Å². The highest BCUT2D eigenvalue weighted by molar-refractivity contribution is 7.80. The fourth-order valence-corrected chi connectivity index (χ4v) is 7.19. The lowest BCUT2D eigenvalue weighted by Gasteiger charge is -2.22. The Kier molecular flexibility index (Phi) is 5.61. The van der Waals surface area contributed by atoms with Gasteiger partial charge in [0.2, 0.25) is 0 Å². The van der Waals surface area contributed by atoms with E-state index in [4.69, 9.17) is 14.6 Å². The Morgan fingerprint density at radius 3 is 2.10 bits per heavy atom. The highest BCUT2D eigenvalue weighted by atomic mass is 31.2. The van der Waals surface area contributed by atoms with Gasteiger partial charge in [-0.05, 0) is 50.1 Å². The zero-order chi connectivity index (χ0) is 21.1. The molecule has 152 valence electrons. The number of aryl methyl sites for hydroxylation is 1. The van der Waals surface area contributed by atoms with Crippen LogP contribution in [0.5, 0.6) is 5.75 Å². The van der Waals surface area contributed by atoms with E-state index in [1.54, 1.807) is 7.11 Å². The molecule has 0 aliphatic rings. The Bertz CT molecular complexity index is 1210. The molecule has 0 aliphatic carbocycles. The average Bonchev–Trinajstić information content (AvgIpc) is 3.09. The van der Waals surface area contributed by atoms with Gasteiger partial charge in [-0.15, -0.1) is 0 Å². The molecule has 0 saturated heterocycles. The number of hydrogen-bond donors (Lipinski definition) is 0. The van der Waals surface area contributed by atoms with Crippen molar-refractivity contribution >= 4 is 23.4 Å². The van der Waals surface area contributed by atoms with Gasteiger partial charge in [0.25, 0.3) is 0 Å². The standard InChI is InChI=1S/C25H26N3OP/c1-19-25(20(2)28(26-19)21-13-7-5-8-14-21)30(4,22-15-9-6-10-16-22)27-23-17-11-12-18-24(23)29-3/h5-18H,1-4H3/t30-/m1/s1. The lowest BCUT2D eigenvalue weighted by atomic mass is 10.3. The van der Waals surface area contributed by atoms with Crippen LogP contribution in [0.4, 0.5) is 5.69 Å². The topological polar surface area (TPSA) is 39.4 Å². The average molecular weight is 415 g/mol. The van der Waals surface area contributed by atoms with Crippen LogP contribution >= 0.6 is 7.05 Å². The van der Waals surface area contributed by atoms with E-state index in [9.17, 15) is 0 Å². The van der Waals surface area contributed by atoms with Crippen LogP contribution < -0.4 is 15.3 Å². The number of benzene rings is 3. The minimum atomic E-state index is -2.15. The van der Waals surface area contributed by atoms with Crippen molar-refractivity contribution in [3.05, 3.63) is 96.3 Å². The molecule has 3 aromatic carbocycles. The monoisotopic (exact) mass is 415 g/mol. The molecule has 1 heterocycles. The Hall–Kier alpha value is -3.10. The molecule has 30 heavy (non-hydrogen) atoms. The van der Waals surface area contributed by atoms with Crippen LogP contribution in [0.1, 0.15) is 11.4 Å². The molecule has 0 fully saturated rings. The third-order valence-electron chi connectivity index (χ3n) is 5.34. The zero-order valence-electron chi connectivity index (χ0n) is 17.8. The van der Waals surface area contributed by atoms with Crippen LogP contribution in [0.3, 0.4) is 0 Å². The van der Waals surface area contributed by atoms with Crippen molar-refractivity contribution in [1.29, 1.82) is 0 Å². The van der Waals surface area contributed by atoms with Gasteiger partial charge in [-0.25, -0.2) is 4.68 Å². The van der Waals surface area contributed by atoms with Gasteiger partial charge in [0.1, 0.15) is 11.4 Å². The van der Waals surface area contributed by atoms with Crippen molar-refractivity contribution < 1.29 is 4.74 Å². The molecule has 4 rings (SSSR count). The normalized spacial score (nSPS) is 12.9. The van der Waals surface area contributed by atoms with E-state index in [1.807, 2.05) is 53.2 Å². The molecule has 0 radical (unpaired) electrons. The molecule has 0 N–H and O–H groups in total. The summed E-state index contributed by atoms with van der Waals surface area (Å²) in [7, 11) is -0.458. The Morgan fingerprint density at radius 1 is 0.833 bits per heavy atom. The van der Waals surface area contributed by atoms with Crippen molar-refractivity contribution in [2.75, 3.05) is 13.8 Å². The van der Waals surface area contributed by atoms with Crippen LogP contribution in [-0.4, -0.2) is 23.6 Å².